The summed E-state index contributed by atoms with van der Waals surface area (Å²) >= 11 is 0. The van der Waals surface area contributed by atoms with Crippen molar-refractivity contribution in [2.45, 2.75) is 50.6 Å². The van der Waals surface area contributed by atoms with Gasteiger partial charge in [0.1, 0.15) is 5.82 Å². The predicted molar refractivity (Wildman–Crippen MR) is 133 cm³/mol. The molecule has 2 amide bonds. The summed E-state index contributed by atoms with van der Waals surface area (Å²) in [5.41, 5.74) is 4.33. The number of carbonyl (C=O) groups excluding carboxylic acids is 1. The van der Waals surface area contributed by atoms with Crippen molar-refractivity contribution in [2.24, 2.45) is 0 Å². The number of pyridine rings is 1. The molecular weight excluding hydrogens is 442 g/mol. The smallest absolute Gasteiger partial charge is 0.317 e. The van der Waals surface area contributed by atoms with E-state index in [1.54, 1.807) is 7.05 Å². The van der Waals surface area contributed by atoms with Gasteiger partial charge in [-0.1, -0.05) is 18.2 Å². The van der Waals surface area contributed by atoms with E-state index >= 15 is 0 Å². The highest BCUT2D eigenvalue weighted by molar-refractivity contribution is 5.96. The van der Waals surface area contributed by atoms with Gasteiger partial charge in [0.05, 0.1) is 17.9 Å². The molecule has 3 aliphatic heterocycles. The fraction of sp³-hybridized carbons (Fsp3) is 0.519. The fourth-order valence-corrected chi connectivity index (χ4v) is 5.82. The fourth-order valence-electron chi connectivity index (χ4n) is 5.82. The van der Waals surface area contributed by atoms with Crippen LogP contribution in [0, 0.1) is 0 Å². The van der Waals surface area contributed by atoms with Gasteiger partial charge in [-0.15, -0.1) is 0 Å². The van der Waals surface area contributed by atoms with Gasteiger partial charge in [0, 0.05) is 81.2 Å². The standard InChI is InChI=1S/C27H33N5O3/c1-28-27(33)31-9-10-32-24(17-31)25(30-26(32)19-7-13-35-14-8-19)21-4-2-3-20-15-23(29-16-22(20)21)18-5-11-34-12-6-18/h2-4,15-16,18-19H,5-14,17H2,1H3,(H,28,33). The first-order valence-corrected chi connectivity index (χ1v) is 12.8. The number of hydrogen-bond acceptors (Lipinski definition) is 5. The Morgan fingerprint density at radius 1 is 1.03 bits per heavy atom. The molecule has 0 atom stereocenters. The van der Waals surface area contributed by atoms with Crippen LogP contribution in [0.3, 0.4) is 0 Å². The van der Waals surface area contributed by atoms with Crippen LogP contribution in [0.5, 0.6) is 0 Å². The number of ether oxygens (including phenoxy) is 2. The molecule has 3 aliphatic rings. The molecule has 0 aliphatic carbocycles. The summed E-state index contributed by atoms with van der Waals surface area (Å²) in [4.78, 5) is 24.5. The van der Waals surface area contributed by atoms with Crippen LogP contribution in [0.25, 0.3) is 22.0 Å². The number of amides is 2. The van der Waals surface area contributed by atoms with Crippen molar-refractivity contribution in [2.75, 3.05) is 40.0 Å². The Labute approximate surface area is 205 Å². The third-order valence-electron chi connectivity index (χ3n) is 7.80. The number of carbonyl (C=O) groups is 1. The van der Waals surface area contributed by atoms with Crippen molar-refractivity contribution in [3.63, 3.8) is 0 Å². The van der Waals surface area contributed by atoms with Crippen LogP contribution < -0.4 is 5.32 Å². The summed E-state index contributed by atoms with van der Waals surface area (Å²) in [6, 6.07) is 8.63. The maximum absolute atomic E-state index is 12.5. The largest absolute Gasteiger partial charge is 0.381 e. The summed E-state index contributed by atoms with van der Waals surface area (Å²) in [6.07, 6.45) is 6.04. The Balaban J connectivity index is 1.44. The minimum absolute atomic E-state index is 0.0447. The second kappa shape index (κ2) is 9.59. The number of nitrogens with zero attached hydrogens (tertiary/aromatic N) is 4. The molecule has 8 heteroatoms. The van der Waals surface area contributed by atoms with Crippen LogP contribution in [0.1, 0.15) is 54.7 Å². The van der Waals surface area contributed by atoms with Crippen LogP contribution in [0.15, 0.2) is 30.5 Å². The van der Waals surface area contributed by atoms with Gasteiger partial charge in [0.15, 0.2) is 0 Å². The minimum atomic E-state index is -0.0447. The summed E-state index contributed by atoms with van der Waals surface area (Å²) in [5.74, 6) is 1.98. The van der Waals surface area contributed by atoms with Crippen LogP contribution in [0.4, 0.5) is 4.79 Å². The van der Waals surface area contributed by atoms with Crippen molar-refractivity contribution < 1.29 is 14.3 Å². The lowest BCUT2D eigenvalue weighted by molar-refractivity contribution is 0.0823. The molecular formula is C27H33N5O3. The SMILES string of the molecule is CNC(=O)N1CCn2c(C3CCOCC3)nc(-c3cccc4cc(C5CCOCC5)ncc34)c2C1. The minimum Gasteiger partial charge on any atom is -0.381 e. The van der Waals surface area contributed by atoms with E-state index in [4.69, 9.17) is 19.4 Å². The number of fused-ring (bicyclic) bond motifs is 2. The first kappa shape index (κ1) is 22.5. The molecule has 0 unspecified atom stereocenters. The van der Waals surface area contributed by atoms with Gasteiger partial charge >= 0.3 is 6.03 Å². The Hall–Kier alpha value is -2.97. The van der Waals surface area contributed by atoms with Gasteiger partial charge in [-0.05, 0) is 37.1 Å². The van der Waals surface area contributed by atoms with Crippen LogP contribution in [-0.2, 0) is 22.6 Å². The molecule has 5 heterocycles. The molecule has 8 nitrogen and oxygen atoms in total. The van der Waals surface area contributed by atoms with Crippen molar-refractivity contribution in [3.8, 4) is 11.3 Å². The third-order valence-corrected chi connectivity index (χ3v) is 7.80. The average molecular weight is 476 g/mol. The number of nitrogens with one attached hydrogen (secondary N) is 1. The highest BCUT2D eigenvalue weighted by Gasteiger charge is 2.31. The van der Waals surface area contributed by atoms with Crippen LogP contribution in [-0.4, -0.2) is 65.5 Å². The monoisotopic (exact) mass is 475 g/mol. The lowest BCUT2D eigenvalue weighted by Gasteiger charge is -2.30. The zero-order valence-corrected chi connectivity index (χ0v) is 20.3. The molecule has 2 fully saturated rings. The van der Waals surface area contributed by atoms with Crippen LogP contribution >= 0.6 is 0 Å². The topological polar surface area (TPSA) is 81.5 Å². The molecule has 184 valence electrons. The molecule has 0 bridgehead atoms. The van der Waals surface area contributed by atoms with Gasteiger partial charge in [-0.3, -0.25) is 4.98 Å². The average Bonchev–Trinajstić information content (AvgIpc) is 3.31. The number of rotatable bonds is 3. The summed E-state index contributed by atoms with van der Waals surface area (Å²) in [6.45, 7) is 5.17. The van der Waals surface area contributed by atoms with Gasteiger partial charge in [0.25, 0.3) is 0 Å². The van der Waals surface area contributed by atoms with Crippen molar-refractivity contribution >= 4 is 16.8 Å². The van der Waals surface area contributed by atoms with E-state index < -0.39 is 0 Å². The molecule has 1 aromatic carbocycles. The molecule has 0 radical (unpaired) electrons. The Morgan fingerprint density at radius 3 is 2.51 bits per heavy atom. The Kier molecular flexibility index (Phi) is 6.16. The highest BCUT2D eigenvalue weighted by atomic mass is 16.5. The molecule has 0 saturated carbocycles. The summed E-state index contributed by atoms with van der Waals surface area (Å²) in [5, 5.41) is 5.08. The quantitative estimate of drug-likeness (QED) is 0.618. The lowest BCUT2D eigenvalue weighted by Crippen LogP contribution is -2.43. The zero-order chi connectivity index (χ0) is 23.8. The molecule has 0 spiro atoms. The Morgan fingerprint density at radius 2 is 1.77 bits per heavy atom. The molecule has 3 aromatic rings. The highest BCUT2D eigenvalue weighted by Crippen LogP contribution is 2.37. The third kappa shape index (κ3) is 4.19. The van der Waals surface area contributed by atoms with E-state index in [1.807, 2.05) is 11.1 Å². The maximum Gasteiger partial charge on any atom is 0.317 e. The predicted octanol–water partition coefficient (Wildman–Crippen LogP) is 4.04. The van der Waals surface area contributed by atoms with Gasteiger partial charge < -0.3 is 24.3 Å². The van der Waals surface area contributed by atoms with Gasteiger partial charge in [0.2, 0.25) is 0 Å². The van der Waals surface area contributed by atoms with Crippen molar-refractivity contribution in [1.29, 1.82) is 0 Å². The van der Waals surface area contributed by atoms with E-state index in [2.05, 4.69) is 34.1 Å². The van der Waals surface area contributed by atoms with Crippen molar-refractivity contribution in [1.82, 2.24) is 24.8 Å². The number of aromatic nitrogens is 3. The van der Waals surface area contributed by atoms with E-state index in [9.17, 15) is 4.79 Å². The Bertz CT molecular complexity index is 1230. The molecule has 1 N–H and O–H groups in total. The number of imidazole rings is 1. The zero-order valence-electron chi connectivity index (χ0n) is 20.3. The van der Waals surface area contributed by atoms with E-state index in [0.29, 0.717) is 24.9 Å². The van der Waals surface area contributed by atoms with Gasteiger partial charge in [-0.2, -0.15) is 0 Å². The first-order valence-electron chi connectivity index (χ1n) is 12.8. The normalized spacial score (nSPS) is 19.6. The van der Waals surface area contributed by atoms with Crippen LogP contribution in [0.2, 0.25) is 0 Å². The molecule has 6 rings (SSSR count). The summed E-state index contributed by atoms with van der Waals surface area (Å²) < 4.78 is 13.5. The van der Waals surface area contributed by atoms with Gasteiger partial charge in [-0.25, -0.2) is 9.78 Å². The van der Waals surface area contributed by atoms with E-state index in [0.717, 1.165) is 92.5 Å². The number of urea groups is 1. The second-order valence-electron chi connectivity index (χ2n) is 9.80. The molecule has 35 heavy (non-hydrogen) atoms. The van der Waals surface area contributed by atoms with Crippen molar-refractivity contribution in [3.05, 3.63) is 47.7 Å². The van der Waals surface area contributed by atoms with E-state index in [-0.39, 0.29) is 6.03 Å². The lowest BCUT2D eigenvalue weighted by atomic mass is 9.94. The molecule has 2 saturated heterocycles. The second-order valence-corrected chi connectivity index (χ2v) is 9.80. The maximum atomic E-state index is 12.5. The van der Waals surface area contributed by atoms with E-state index in [1.165, 1.54) is 5.39 Å². The molecule has 2 aromatic heterocycles. The summed E-state index contributed by atoms with van der Waals surface area (Å²) in [7, 11) is 1.69. The number of hydrogen-bond donors (Lipinski definition) is 1. The first-order chi connectivity index (χ1) is 17.2. The number of benzene rings is 1.